The minimum absolute atomic E-state index is 0.0612. The lowest BCUT2D eigenvalue weighted by Gasteiger charge is -2.37. The molecule has 0 amide bonds. The number of carboxylic acids is 1. The first-order chi connectivity index (χ1) is 5.07. The lowest BCUT2D eigenvalue weighted by molar-refractivity contribution is -0.154. The van der Waals surface area contributed by atoms with Crippen molar-refractivity contribution in [3.05, 3.63) is 0 Å². The third kappa shape index (κ3) is 1.40. The van der Waals surface area contributed by atoms with Crippen molar-refractivity contribution in [1.29, 1.82) is 0 Å². The molecule has 0 aromatic heterocycles. The fourth-order valence-corrected chi connectivity index (χ4v) is 1.26. The molecule has 0 aromatic rings. The van der Waals surface area contributed by atoms with Gasteiger partial charge in [0.15, 0.2) is 0 Å². The Morgan fingerprint density at radius 2 is 2.09 bits per heavy atom. The van der Waals surface area contributed by atoms with Crippen molar-refractivity contribution in [2.75, 3.05) is 13.1 Å². The van der Waals surface area contributed by atoms with Crippen LogP contribution in [0.2, 0.25) is 0 Å². The molecule has 0 aromatic carbocycles. The zero-order valence-corrected chi connectivity index (χ0v) is 6.39. The Hall–Kier alpha value is -0.900. The molecule has 4 nitrogen and oxygen atoms in total. The molecule has 0 saturated carbocycles. The zero-order chi connectivity index (χ0) is 8.48. The van der Waals surface area contributed by atoms with E-state index in [1.165, 1.54) is 6.92 Å². The van der Waals surface area contributed by atoms with Crippen molar-refractivity contribution in [3.63, 3.8) is 0 Å². The van der Waals surface area contributed by atoms with Gasteiger partial charge in [0.1, 0.15) is 5.78 Å². The highest BCUT2D eigenvalue weighted by molar-refractivity contribution is 5.86. The number of hydrogen-bond donors (Lipinski definition) is 2. The molecule has 1 heterocycles. The summed E-state index contributed by atoms with van der Waals surface area (Å²) < 4.78 is 0. The summed E-state index contributed by atoms with van der Waals surface area (Å²) in [5, 5.41) is 11.6. The number of carboxylic acid groups (broad SMARTS) is 1. The standard InChI is InChI=1S/C7H11NO3/c1-5(9)2-7(6(10)11)3-8-4-7/h8H,2-4H2,1H3,(H,10,11). The van der Waals surface area contributed by atoms with Crippen LogP contribution in [0.1, 0.15) is 13.3 Å². The van der Waals surface area contributed by atoms with Gasteiger partial charge in [0.05, 0.1) is 5.41 Å². The molecule has 1 fully saturated rings. The minimum atomic E-state index is -0.869. The molecule has 0 spiro atoms. The third-order valence-electron chi connectivity index (χ3n) is 1.97. The molecule has 0 unspecified atom stereocenters. The molecule has 1 aliphatic rings. The van der Waals surface area contributed by atoms with Crippen molar-refractivity contribution in [2.24, 2.45) is 5.41 Å². The molecule has 0 radical (unpaired) electrons. The summed E-state index contributed by atoms with van der Waals surface area (Å²) in [7, 11) is 0. The molecule has 4 heteroatoms. The SMILES string of the molecule is CC(=O)CC1(C(=O)O)CNC1. The van der Waals surface area contributed by atoms with Gasteiger partial charge in [0, 0.05) is 19.5 Å². The van der Waals surface area contributed by atoms with Crippen molar-refractivity contribution in [3.8, 4) is 0 Å². The topological polar surface area (TPSA) is 66.4 Å². The average molecular weight is 157 g/mol. The highest BCUT2D eigenvalue weighted by atomic mass is 16.4. The van der Waals surface area contributed by atoms with Gasteiger partial charge >= 0.3 is 5.97 Å². The van der Waals surface area contributed by atoms with Gasteiger partial charge in [-0.25, -0.2) is 0 Å². The van der Waals surface area contributed by atoms with Gasteiger partial charge in [0.2, 0.25) is 0 Å². The number of aliphatic carboxylic acids is 1. The summed E-state index contributed by atoms with van der Waals surface area (Å²) in [5.41, 5.74) is -0.800. The van der Waals surface area contributed by atoms with Crippen LogP contribution in [0.25, 0.3) is 0 Å². The predicted octanol–water partition coefficient (Wildman–Crippen LogP) is -0.360. The van der Waals surface area contributed by atoms with Gasteiger partial charge in [-0.3, -0.25) is 9.59 Å². The van der Waals surface area contributed by atoms with Crippen molar-refractivity contribution in [2.45, 2.75) is 13.3 Å². The zero-order valence-electron chi connectivity index (χ0n) is 6.39. The maximum Gasteiger partial charge on any atom is 0.312 e. The largest absolute Gasteiger partial charge is 0.481 e. The second-order valence-electron chi connectivity index (χ2n) is 3.07. The summed E-state index contributed by atoms with van der Waals surface area (Å²) in [6.07, 6.45) is 0.148. The second kappa shape index (κ2) is 2.62. The van der Waals surface area contributed by atoms with E-state index in [2.05, 4.69) is 5.32 Å². The summed E-state index contributed by atoms with van der Waals surface area (Å²) in [6, 6.07) is 0. The molecular formula is C7H11NO3. The quantitative estimate of drug-likeness (QED) is 0.587. The Balaban J connectivity index is 2.61. The van der Waals surface area contributed by atoms with Crippen LogP contribution in [-0.2, 0) is 9.59 Å². The van der Waals surface area contributed by atoms with E-state index in [9.17, 15) is 9.59 Å². The number of ketones is 1. The van der Waals surface area contributed by atoms with Crippen LogP contribution in [0.3, 0.4) is 0 Å². The summed E-state index contributed by atoms with van der Waals surface area (Å²) in [4.78, 5) is 21.3. The highest BCUT2D eigenvalue weighted by Crippen LogP contribution is 2.27. The van der Waals surface area contributed by atoms with Crippen molar-refractivity contribution in [1.82, 2.24) is 5.32 Å². The lowest BCUT2D eigenvalue weighted by Crippen LogP contribution is -2.58. The Bertz CT molecular complexity index is 196. The minimum Gasteiger partial charge on any atom is -0.481 e. The Morgan fingerprint density at radius 1 is 1.55 bits per heavy atom. The van der Waals surface area contributed by atoms with Gasteiger partial charge < -0.3 is 10.4 Å². The maximum absolute atomic E-state index is 10.7. The Kier molecular flexibility index (Phi) is 1.95. The number of Topliss-reactive ketones (excluding diaryl/α,β-unsaturated/α-hetero) is 1. The van der Waals surface area contributed by atoms with Gasteiger partial charge in [0.25, 0.3) is 0 Å². The highest BCUT2D eigenvalue weighted by Gasteiger charge is 2.45. The Morgan fingerprint density at radius 3 is 2.18 bits per heavy atom. The molecule has 1 saturated heterocycles. The number of nitrogens with one attached hydrogen (secondary N) is 1. The normalized spacial score (nSPS) is 20.5. The van der Waals surface area contributed by atoms with Crippen LogP contribution in [0.15, 0.2) is 0 Å². The first kappa shape index (κ1) is 8.20. The summed E-state index contributed by atoms with van der Waals surface area (Å²) in [6.45, 7) is 2.26. The molecule has 0 aliphatic carbocycles. The Labute approximate surface area is 64.6 Å². The van der Waals surface area contributed by atoms with E-state index in [1.54, 1.807) is 0 Å². The molecule has 11 heavy (non-hydrogen) atoms. The second-order valence-corrected chi connectivity index (χ2v) is 3.07. The molecule has 1 aliphatic heterocycles. The number of rotatable bonds is 3. The average Bonchev–Trinajstić information content (AvgIpc) is 1.77. The van der Waals surface area contributed by atoms with Crippen LogP contribution < -0.4 is 5.32 Å². The molecular weight excluding hydrogens is 146 g/mol. The van der Waals surface area contributed by atoms with Gasteiger partial charge in [-0.2, -0.15) is 0 Å². The van der Waals surface area contributed by atoms with E-state index in [-0.39, 0.29) is 12.2 Å². The fourth-order valence-electron chi connectivity index (χ4n) is 1.26. The monoisotopic (exact) mass is 157 g/mol. The van der Waals surface area contributed by atoms with Crippen molar-refractivity contribution >= 4 is 11.8 Å². The molecule has 1 rings (SSSR count). The smallest absolute Gasteiger partial charge is 0.312 e. The first-order valence-corrected chi connectivity index (χ1v) is 3.50. The summed E-state index contributed by atoms with van der Waals surface area (Å²) in [5.74, 6) is -0.930. The van der Waals surface area contributed by atoms with Crippen LogP contribution in [0.5, 0.6) is 0 Å². The van der Waals surface area contributed by atoms with E-state index in [0.29, 0.717) is 13.1 Å². The molecule has 62 valence electrons. The van der Waals surface area contributed by atoms with Gasteiger partial charge in [-0.1, -0.05) is 0 Å². The summed E-state index contributed by atoms with van der Waals surface area (Å²) >= 11 is 0. The predicted molar refractivity (Wildman–Crippen MR) is 38.2 cm³/mol. The van der Waals surface area contributed by atoms with E-state index in [0.717, 1.165) is 0 Å². The van der Waals surface area contributed by atoms with Crippen LogP contribution in [0, 0.1) is 5.41 Å². The van der Waals surface area contributed by atoms with Crippen molar-refractivity contribution < 1.29 is 14.7 Å². The molecule has 0 atom stereocenters. The maximum atomic E-state index is 10.7. The number of carbonyl (C=O) groups is 2. The molecule has 0 bridgehead atoms. The fraction of sp³-hybridized carbons (Fsp3) is 0.714. The number of carbonyl (C=O) groups excluding carboxylic acids is 1. The third-order valence-corrected chi connectivity index (χ3v) is 1.97. The number of hydrogen-bond acceptors (Lipinski definition) is 3. The lowest BCUT2D eigenvalue weighted by atomic mass is 9.77. The van der Waals surface area contributed by atoms with E-state index in [1.807, 2.05) is 0 Å². The van der Waals surface area contributed by atoms with Gasteiger partial charge in [-0.05, 0) is 6.92 Å². The van der Waals surface area contributed by atoms with Gasteiger partial charge in [-0.15, -0.1) is 0 Å². The molecule has 2 N–H and O–H groups in total. The van der Waals surface area contributed by atoms with Crippen LogP contribution in [-0.4, -0.2) is 29.9 Å². The van der Waals surface area contributed by atoms with Crippen LogP contribution >= 0.6 is 0 Å². The van der Waals surface area contributed by atoms with E-state index >= 15 is 0 Å². The van der Waals surface area contributed by atoms with E-state index < -0.39 is 11.4 Å². The first-order valence-electron chi connectivity index (χ1n) is 3.50. The van der Waals surface area contributed by atoms with Crippen LogP contribution in [0.4, 0.5) is 0 Å². The van der Waals surface area contributed by atoms with E-state index in [4.69, 9.17) is 5.11 Å².